The Balaban J connectivity index is 1.29. The Morgan fingerprint density at radius 1 is 0.846 bits per heavy atom. The zero-order valence-electron chi connectivity index (χ0n) is 21.5. The molecule has 0 spiro atoms. The van der Waals surface area contributed by atoms with Crippen molar-refractivity contribution < 1.29 is 13.2 Å². The third-order valence-electron chi connectivity index (χ3n) is 7.59. The van der Waals surface area contributed by atoms with Gasteiger partial charge in [-0.05, 0) is 48.7 Å². The molecule has 0 amide bonds. The zero-order chi connectivity index (χ0) is 26.3. The largest absolute Gasteiger partial charge is 0.464 e. The Labute approximate surface area is 226 Å². The number of aryl methyl sites for hydroxylation is 1. The van der Waals surface area contributed by atoms with Gasteiger partial charge in [0.1, 0.15) is 23.5 Å². The van der Waals surface area contributed by atoms with Gasteiger partial charge in [0.05, 0.1) is 12.0 Å². The lowest BCUT2D eigenvalue weighted by Gasteiger charge is -2.36. The number of nitrogens with zero attached hydrogens (tertiary/aromatic N) is 4. The molecular formula is C32H27FN4O2. The number of hydrogen-bond acceptors (Lipinski definition) is 6. The summed E-state index contributed by atoms with van der Waals surface area (Å²) in [5.74, 6) is 2.25. The standard InChI is InChI=1S/C32H27FN4O2/c1-21-31(34-32(39-21)25-12-5-4-11-24(25)29-15-8-18-38-29)37-30(19-28(35-37)26-13-6-7-14-27(26)33)36-17-16-22-9-2-3-10-23(22)20-36/h2-15,18,30H,16-17,19-20H2,1H3. The first-order valence-electron chi connectivity index (χ1n) is 13.2. The highest BCUT2D eigenvalue weighted by Crippen LogP contribution is 2.38. The molecule has 5 aromatic rings. The predicted octanol–water partition coefficient (Wildman–Crippen LogP) is 7.05. The smallest absolute Gasteiger partial charge is 0.229 e. The van der Waals surface area contributed by atoms with Crippen molar-refractivity contribution in [1.29, 1.82) is 0 Å². The van der Waals surface area contributed by atoms with Crippen LogP contribution in [0.3, 0.4) is 0 Å². The number of rotatable bonds is 5. The molecule has 0 N–H and O–H groups in total. The van der Waals surface area contributed by atoms with Crippen molar-refractivity contribution in [2.75, 3.05) is 11.6 Å². The first kappa shape index (κ1) is 23.6. The number of halogens is 1. The average molecular weight is 519 g/mol. The topological polar surface area (TPSA) is 58.0 Å². The number of hydrogen-bond donors (Lipinski definition) is 0. The molecule has 7 heteroatoms. The van der Waals surface area contributed by atoms with Crippen molar-refractivity contribution in [2.24, 2.45) is 5.10 Å². The van der Waals surface area contributed by atoms with Gasteiger partial charge in [-0.15, -0.1) is 0 Å². The summed E-state index contributed by atoms with van der Waals surface area (Å²) in [6, 6.07) is 27.1. The number of fused-ring (bicyclic) bond motifs is 1. The minimum Gasteiger partial charge on any atom is -0.464 e. The zero-order valence-corrected chi connectivity index (χ0v) is 21.5. The summed E-state index contributed by atoms with van der Waals surface area (Å²) in [5, 5.41) is 6.89. The fourth-order valence-corrected chi connectivity index (χ4v) is 5.63. The van der Waals surface area contributed by atoms with Gasteiger partial charge in [0.15, 0.2) is 5.82 Å². The molecule has 0 saturated carbocycles. The molecule has 0 bridgehead atoms. The molecule has 0 radical (unpaired) electrons. The van der Waals surface area contributed by atoms with Gasteiger partial charge in [-0.1, -0.05) is 60.7 Å². The van der Waals surface area contributed by atoms with Gasteiger partial charge in [0, 0.05) is 36.2 Å². The summed E-state index contributed by atoms with van der Waals surface area (Å²) in [7, 11) is 0. The highest BCUT2D eigenvalue weighted by Gasteiger charge is 2.38. The molecule has 0 fully saturated rings. The van der Waals surface area contributed by atoms with Crippen molar-refractivity contribution in [3.8, 4) is 22.8 Å². The van der Waals surface area contributed by atoms with Crippen LogP contribution in [-0.2, 0) is 13.0 Å². The SMILES string of the molecule is Cc1oc(-c2ccccc2-c2ccco2)nc1N1N=C(c2ccccc2F)CC1N1CCc2ccccc2C1. The lowest BCUT2D eigenvalue weighted by atomic mass is 9.98. The second-order valence-corrected chi connectivity index (χ2v) is 9.97. The van der Waals surface area contributed by atoms with Crippen LogP contribution in [0.25, 0.3) is 22.8 Å². The van der Waals surface area contributed by atoms with Gasteiger partial charge >= 0.3 is 0 Å². The summed E-state index contributed by atoms with van der Waals surface area (Å²) < 4.78 is 26.8. The van der Waals surface area contributed by atoms with E-state index >= 15 is 0 Å². The summed E-state index contributed by atoms with van der Waals surface area (Å²) in [6.07, 6.45) is 3.07. The lowest BCUT2D eigenvalue weighted by Crippen LogP contribution is -2.46. The van der Waals surface area contributed by atoms with Crippen LogP contribution < -0.4 is 5.01 Å². The van der Waals surface area contributed by atoms with Crippen molar-refractivity contribution in [1.82, 2.24) is 9.88 Å². The van der Waals surface area contributed by atoms with Gasteiger partial charge in [-0.25, -0.2) is 9.40 Å². The van der Waals surface area contributed by atoms with Crippen LogP contribution >= 0.6 is 0 Å². The molecule has 7 rings (SSSR count). The van der Waals surface area contributed by atoms with Gasteiger partial charge in [0.25, 0.3) is 0 Å². The van der Waals surface area contributed by atoms with Gasteiger partial charge < -0.3 is 8.83 Å². The van der Waals surface area contributed by atoms with E-state index in [9.17, 15) is 4.39 Å². The molecule has 39 heavy (non-hydrogen) atoms. The number of oxazole rings is 1. The molecule has 1 unspecified atom stereocenters. The number of anilines is 1. The maximum absolute atomic E-state index is 14.9. The van der Waals surface area contributed by atoms with Crippen LogP contribution in [0.4, 0.5) is 10.2 Å². The highest BCUT2D eigenvalue weighted by atomic mass is 19.1. The van der Waals surface area contributed by atoms with E-state index in [-0.39, 0.29) is 12.0 Å². The van der Waals surface area contributed by atoms with E-state index in [1.54, 1.807) is 18.4 Å². The summed E-state index contributed by atoms with van der Waals surface area (Å²) in [4.78, 5) is 7.37. The molecule has 0 saturated heterocycles. The third-order valence-corrected chi connectivity index (χ3v) is 7.59. The number of furan rings is 1. The van der Waals surface area contributed by atoms with E-state index in [0.717, 1.165) is 36.4 Å². The van der Waals surface area contributed by atoms with Crippen LogP contribution in [0.5, 0.6) is 0 Å². The number of hydrazone groups is 1. The molecule has 2 aromatic heterocycles. The maximum Gasteiger partial charge on any atom is 0.229 e. The summed E-state index contributed by atoms with van der Waals surface area (Å²) in [6.45, 7) is 3.58. The molecule has 194 valence electrons. The van der Waals surface area contributed by atoms with Crippen molar-refractivity contribution in [3.05, 3.63) is 119 Å². The normalized spacial score (nSPS) is 17.3. The first-order valence-corrected chi connectivity index (χ1v) is 13.2. The first-order chi connectivity index (χ1) is 19.2. The van der Waals surface area contributed by atoms with Crippen molar-refractivity contribution >= 4 is 11.5 Å². The molecule has 2 aliphatic heterocycles. The van der Waals surface area contributed by atoms with Crippen LogP contribution in [-0.4, -0.2) is 28.3 Å². The van der Waals surface area contributed by atoms with E-state index in [1.165, 1.54) is 17.2 Å². The van der Waals surface area contributed by atoms with Crippen LogP contribution in [0.15, 0.2) is 105 Å². The summed E-state index contributed by atoms with van der Waals surface area (Å²) in [5.41, 5.74) is 5.65. The maximum atomic E-state index is 14.9. The van der Waals surface area contributed by atoms with Crippen LogP contribution in [0.1, 0.15) is 28.9 Å². The Morgan fingerprint density at radius 2 is 1.59 bits per heavy atom. The molecule has 6 nitrogen and oxygen atoms in total. The van der Waals surface area contributed by atoms with E-state index in [0.29, 0.717) is 35.2 Å². The fraction of sp³-hybridized carbons (Fsp3) is 0.188. The Morgan fingerprint density at radius 3 is 2.38 bits per heavy atom. The quantitative estimate of drug-likeness (QED) is 0.250. The molecule has 3 aromatic carbocycles. The number of benzene rings is 3. The molecule has 2 aliphatic rings. The van der Waals surface area contributed by atoms with E-state index in [4.69, 9.17) is 18.9 Å². The van der Waals surface area contributed by atoms with Crippen molar-refractivity contribution in [3.63, 3.8) is 0 Å². The van der Waals surface area contributed by atoms with E-state index in [2.05, 4.69) is 29.2 Å². The average Bonchev–Trinajstić information content (AvgIpc) is 3.73. The van der Waals surface area contributed by atoms with E-state index < -0.39 is 0 Å². The van der Waals surface area contributed by atoms with Crippen LogP contribution in [0.2, 0.25) is 0 Å². The minimum atomic E-state index is -0.272. The molecular weight excluding hydrogens is 491 g/mol. The Hall–Kier alpha value is -4.49. The second kappa shape index (κ2) is 9.67. The van der Waals surface area contributed by atoms with Crippen molar-refractivity contribution in [2.45, 2.75) is 32.5 Å². The molecule has 1 atom stereocenters. The molecule has 4 heterocycles. The predicted molar refractivity (Wildman–Crippen MR) is 149 cm³/mol. The highest BCUT2D eigenvalue weighted by molar-refractivity contribution is 6.03. The van der Waals surface area contributed by atoms with E-state index in [1.807, 2.05) is 54.4 Å². The van der Waals surface area contributed by atoms with Gasteiger partial charge in [0.2, 0.25) is 5.89 Å². The van der Waals surface area contributed by atoms with Gasteiger partial charge in [-0.2, -0.15) is 10.1 Å². The Bertz CT molecular complexity index is 1670. The lowest BCUT2D eigenvalue weighted by molar-refractivity contribution is 0.183. The molecule has 0 aliphatic carbocycles. The van der Waals surface area contributed by atoms with Gasteiger partial charge in [-0.3, -0.25) is 4.90 Å². The third kappa shape index (κ3) is 4.25. The second-order valence-electron chi connectivity index (χ2n) is 9.97. The monoisotopic (exact) mass is 518 g/mol. The summed E-state index contributed by atoms with van der Waals surface area (Å²) >= 11 is 0. The minimum absolute atomic E-state index is 0.120. The van der Waals surface area contributed by atoms with Crippen LogP contribution in [0, 0.1) is 12.7 Å². The fourth-order valence-electron chi connectivity index (χ4n) is 5.63. The number of aromatic nitrogens is 1. The Kier molecular flexibility index (Phi) is 5.86.